The first kappa shape index (κ1) is 10.2. The Hall–Kier alpha value is -0.780. The van der Waals surface area contributed by atoms with Crippen molar-refractivity contribution in [3.05, 3.63) is 36.0 Å². The lowest BCUT2D eigenvalue weighted by atomic mass is 10.0. The molecule has 0 saturated carbocycles. The van der Waals surface area contributed by atoms with Crippen LogP contribution in [0.5, 0.6) is 0 Å². The fraction of sp³-hybridized carbons (Fsp3) is 0.455. The van der Waals surface area contributed by atoms with Gasteiger partial charge in [-0.3, -0.25) is 0 Å². The van der Waals surface area contributed by atoms with Crippen LogP contribution in [-0.4, -0.2) is 0 Å². The summed E-state index contributed by atoms with van der Waals surface area (Å²) in [6.07, 6.45) is 8.55. The Kier molecular flexibility index (Phi) is 5.54. The second-order valence-electron chi connectivity index (χ2n) is 2.85. The molecule has 0 radical (unpaired) electrons. The molecule has 0 heterocycles. The summed E-state index contributed by atoms with van der Waals surface area (Å²) in [6.45, 7) is 10.1. The maximum atomic E-state index is 3.89. The van der Waals surface area contributed by atoms with E-state index >= 15 is 0 Å². The molecule has 11 heavy (non-hydrogen) atoms. The summed E-state index contributed by atoms with van der Waals surface area (Å²) in [4.78, 5) is 0. The van der Waals surface area contributed by atoms with Crippen LogP contribution in [0, 0.1) is 0 Å². The molecule has 0 aromatic heterocycles. The van der Waals surface area contributed by atoms with E-state index in [1.165, 1.54) is 11.1 Å². The summed E-state index contributed by atoms with van der Waals surface area (Å²) in [5.41, 5.74) is 2.69. The van der Waals surface area contributed by atoms with Crippen LogP contribution in [0.3, 0.4) is 0 Å². The summed E-state index contributed by atoms with van der Waals surface area (Å²) >= 11 is 0. The molecule has 0 aliphatic heterocycles. The van der Waals surface area contributed by atoms with Crippen molar-refractivity contribution in [3.63, 3.8) is 0 Å². The van der Waals surface area contributed by atoms with Crippen molar-refractivity contribution in [2.24, 2.45) is 0 Å². The smallest absolute Gasteiger partial charge is 0.0111 e. The number of hydrogen-bond donors (Lipinski definition) is 0. The minimum absolute atomic E-state index is 1.04. The molecule has 0 bridgehead atoms. The first-order chi connectivity index (χ1) is 5.20. The van der Waals surface area contributed by atoms with E-state index in [0.717, 1.165) is 12.8 Å². The number of hydrogen-bond acceptors (Lipinski definition) is 0. The molecule has 0 heteroatoms. The van der Waals surface area contributed by atoms with Crippen LogP contribution in [0.2, 0.25) is 0 Å². The van der Waals surface area contributed by atoms with Gasteiger partial charge in [0.2, 0.25) is 0 Å². The molecule has 0 fully saturated rings. The third-order valence-corrected chi connectivity index (χ3v) is 1.55. The summed E-state index contributed by atoms with van der Waals surface area (Å²) in [7, 11) is 0. The first-order valence-corrected chi connectivity index (χ1v) is 4.10. The lowest BCUT2D eigenvalue weighted by molar-refractivity contribution is 1.04. The average Bonchev–Trinajstić information content (AvgIpc) is 1.97. The van der Waals surface area contributed by atoms with Gasteiger partial charge in [0.05, 0.1) is 0 Å². The summed E-state index contributed by atoms with van der Waals surface area (Å²) in [6, 6.07) is 0. The summed E-state index contributed by atoms with van der Waals surface area (Å²) in [5.74, 6) is 0. The molecule has 0 saturated heterocycles. The minimum atomic E-state index is 1.04. The molecule has 0 atom stereocenters. The molecule has 0 spiro atoms. The molecule has 62 valence electrons. The lowest BCUT2D eigenvalue weighted by Gasteiger charge is -2.02. The topological polar surface area (TPSA) is 0 Å². The average molecular weight is 150 g/mol. The monoisotopic (exact) mass is 150 g/mol. The van der Waals surface area contributed by atoms with Crippen LogP contribution in [0.25, 0.3) is 0 Å². The van der Waals surface area contributed by atoms with Gasteiger partial charge >= 0.3 is 0 Å². The van der Waals surface area contributed by atoms with Crippen molar-refractivity contribution < 1.29 is 0 Å². The van der Waals surface area contributed by atoms with Crippen LogP contribution < -0.4 is 0 Å². The van der Waals surface area contributed by atoms with Crippen molar-refractivity contribution in [2.75, 3.05) is 0 Å². The number of rotatable bonds is 4. The molecular weight excluding hydrogens is 132 g/mol. The minimum Gasteiger partial charge on any atom is -0.0998 e. The molecule has 0 nitrogen and oxygen atoms in total. The third kappa shape index (κ3) is 5.65. The zero-order valence-corrected chi connectivity index (χ0v) is 7.85. The predicted octanol–water partition coefficient (Wildman–Crippen LogP) is 3.87. The van der Waals surface area contributed by atoms with Crippen molar-refractivity contribution in [2.45, 2.75) is 33.6 Å². The van der Waals surface area contributed by atoms with Gasteiger partial charge in [0.25, 0.3) is 0 Å². The van der Waals surface area contributed by atoms with E-state index in [1.807, 2.05) is 6.92 Å². The standard InChI is InChI=1S/C11H18/c1-5-7-8-11(6-2)9-10(3)4/h5-7H,3,8-9H2,1-2,4H3/b7-5?,11-6+. The fourth-order valence-electron chi connectivity index (χ4n) is 0.949. The van der Waals surface area contributed by atoms with Crippen molar-refractivity contribution in [3.8, 4) is 0 Å². The molecule has 0 aromatic carbocycles. The first-order valence-electron chi connectivity index (χ1n) is 4.10. The van der Waals surface area contributed by atoms with E-state index in [1.54, 1.807) is 0 Å². The van der Waals surface area contributed by atoms with Crippen molar-refractivity contribution >= 4 is 0 Å². The second kappa shape index (κ2) is 5.96. The van der Waals surface area contributed by atoms with Crippen molar-refractivity contribution in [1.29, 1.82) is 0 Å². The van der Waals surface area contributed by atoms with E-state index in [9.17, 15) is 0 Å². The van der Waals surface area contributed by atoms with E-state index in [4.69, 9.17) is 0 Å². The van der Waals surface area contributed by atoms with E-state index in [-0.39, 0.29) is 0 Å². The van der Waals surface area contributed by atoms with Gasteiger partial charge in [0.1, 0.15) is 0 Å². The Morgan fingerprint density at radius 3 is 2.36 bits per heavy atom. The largest absolute Gasteiger partial charge is 0.0998 e. The highest BCUT2D eigenvalue weighted by molar-refractivity contribution is 5.13. The molecule has 0 amide bonds. The quantitative estimate of drug-likeness (QED) is 0.534. The maximum absolute atomic E-state index is 3.89. The Labute approximate surface area is 70.3 Å². The predicted molar refractivity (Wildman–Crippen MR) is 52.6 cm³/mol. The van der Waals surface area contributed by atoms with Crippen LogP contribution in [-0.2, 0) is 0 Å². The van der Waals surface area contributed by atoms with Gasteiger partial charge in [-0.05, 0) is 33.6 Å². The van der Waals surface area contributed by atoms with Gasteiger partial charge in [-0.2, -0.15) is 0 Å². The van der Waals surface area contributed by atoms with Gasteiger partial charge in [-0.15, -0.1) is 0 Å². The third-order valence-electron chi connectivity index (χ3n) is 1.55. The van der Waals surface area contributed by atoms with Gasteiger partial charge < -0.3 is 0 Å². The fourth-order valence-corrected chi connectivity index (χ4v) is 0.949. The van der Waals surface area contributed by atoms with Gasteiger partial charge in [-0.1, -0.05) is 36.0 Å². The summed E-state index contributed by atoms with van der Waals surface area (Å²) < 4.78 is 0. The zero-order chi connectivity index (χ0) is 8.69. The van der Waals surface area contributed by atoms with E-state index in [0.29, 0.717) is 0 Å². The molecule has 0 unspecified atom stereocenters. The van der Waals surface area contributed by atoms with Gasteiger partial charge in [0.15, 0.2) is 0 Å². The van der Waals surface area contributed by atoms with Crippen LogP contribution in [0.4, 0.5) is 0 Å². The van der Waals surface area contributed by atoms with E-state index in [2.05, 4.69) is 38.7 Å². The molecule has 0 N–H and O–H groups in total. The Morgan fingerprint density at radius 2 is 2.00 bits per heavy atom. The number of allylic oxidation sites excluding steroid dienone is 5. The van der Waals surface area contributed by atoms with Crippen molar-refractivity contribution in [1.82, 2.24) is 0 Å². The Bertz CT molecular complexity index is 170. The Morgan fingerprint density at radius 1 is 1.36 bits per heavy atom. The molecular formula is C11H18. The van der Waals surface area contributed by atoms with Gasteiger partial charge in [0, 0.05) is 0 Å². The summed E-state index contributed by atoms with van der Waals surface area (Å²) in [5, 5.41) is 0. The van der Waals surface area contributed by atoms with Gasteiger partial charge in [-0.25, -0.2) is 0 Å². The van der Waals surface area contributed by atoms with E-state index < -0.39 is 0 Å². The second-order valence-corrected chi connectivity index (χ2v) is 2.85. The highest BCUT2D eigenvalue weighted by atomic mass is 14.0. The molecule has 0 aromatic rings. The highest BCUT2D eigenvalue weighted by Gasteiger charge is 1.92. The van der Waals surface area contributed by atoms with Crippen LogP contribution >= 0.6 is 0 Å². The Balaban J connectivity index is 3.88. The normalized spacial score (nSPS) is 12.5. The molecule has 0 rings (SSSR count). The maximum Gasteiger partial charge on any atom is -0.0111 e. The van der Waals surface area contributed by atoms with Crippen LogP contribution in [0.1, 0.15) is 33.6 Å². The zero-order valence-electron chi connectivity index (χ0n) is 7.85. The van der Waals surface area contributed by atoms with Crippen LogP contribution in [0.15, 0.2) is 36.0 Å². The lowest BCUT2D eigenvalue weighted by Crippen LogP contribution is -1.81. The molecule has 0 aliphatic rings. The highest BCUT2D eigenvalue weighted by Crippen LogP contribution is 2.12. The SMILES string of the molecule is C=C(C)C/C(=C/C)CC=CC. The molecule has 0 aliphatic carbocycles.